The van der Waals surface area contributed by atoms with Crippen molar-refractivity contribution in [3.63, 3.8) is 0 Å². The molecule has 0 unspecified atom stereocenters. The number of imidazole rings is 1. The molecule has 2 aromatic rings. The van der Waals surface area contributed by atoms with Gasteiger partial charge in [-0.1, -0.05) is 6.92 Å². The van der Waals surface area contributed by atoms with Crippen molar-refractivity contribution in [3.8, 4) is 0 Å². The predicted molar refractivity (Wildman–Crippen MR) is 78.9 cm³/mol. The number of hydrogen-bond donors (Lipinski definition) is 2. The van der Waals surface area contributed by atoms with E-state index in [4.69, 9.17) is 5.73 Å². The van der Waals surface area contributed by atoms with Crippen molar-refractivity contribution in [1.82, 2.24) is 9.55 Å². The molecule has 0 saturated heterocycles. The van der Waals surface area contributed by atoms with Crippen LogP contribution in [0.25, 0.3) is 0 Å². The smallest absolute Gasteiger partial charge is 0.280 e. The molecule has 108 valence electrons. The van der Waals surface area contributed by atoms with Crippen LogP contribution in [0.4, 0.5) is 11.4 Å². The van der Waals surface area contributed by atoms with E-state index >= 15 is 0 Å². The Morgan fingerprint density at radius 2 is 1.95 bits per heavy atom. The number of nitrogen functional groups attached to an aromatic ring is 1. The van der Waals surface area contributed by atoms with Crippen molar-refractivity contribution >= 4 is 21.4 Å². The van der Waals surface area contributed by atoms with E-state index in [1.165, 1.54) is 0 Å². The summed E-state index contributed by atoms with van der Waals surface area (Å²) in [6.45, 7) is 4.56. The lowest BCUT2D eigenvalue weighted by Gasteiger charge is -2.05. The van der Waals surface area contributed by atoms with Crippen LogP contribution in [0.15, 0.2) is 35.5 Å². The summed E-state index contributed by atoms with van der Waals surface area (Å²) in [4.78, 5) is 4.10. The lowest BCUT2D eigenvalue weighted by molar-refractivity contribution is 0.597. The number of anilines is 2. The zero-order valence-corrected chi connectivity index (χ0v) is 12.3. The van der Waals surface area contributed by atoms with Crippen LogP contribution in [0.3, 0.4) is 0 Å². The Morgan fingerprint density at radius 3 is 2.55 bits per heavy atom. The van der Waals surface area contributed by atoms with Crippen molar-refractivity contribution < 1.29 is 8.42 Å². The molecule has 0 fully saturated rings. The highest BCUT2D eigenvalue weighted by atomic mass is 32.2. The predicted octanol–water partition coefficient (Wildman–Crippen LogP) is 1.98. The maximum atomic E-state index is 12.2. The second kappa shape index (κ2) is 5.54. The average molecular weight is 294 g/mol. The number of benzene rings is 1. The molecule has 0 saturated carbocycles. The third-order valence-electron chi connectivity index (χ3n) is 2.86. The molecular formula is C13H18N4O2S. The van der Waals surface area contributed by atoms with Gasteiger partial charge >= 0.3 is 0 Å². The van der Waals surface area contributed by atoms with Crippen LogP contribution in [-0.2, 0) is 16.6 Å². The Bertz CT molecular complexity index is 690. The van der Waals surface area contributed by atoms with E-state index in [1.54, 1.807) is 37.4 Å². The lowest BCUT2D eigenvalue weighted by Crippen LogP contribution is -2.13. The van der Waals surface area contributed by atoms with Crippen molar-refractivity contribution in [2.45, 2.75) is 31.8 Å². The van der Waals surface area contributed by atoms with Crippen LogP contribution in [0.1, 0.15) is 19.2 Å². The number of hydrogen-bond acceptors (Lipinski definition) is 4. The normalized spacial score (nSPS) is 11.5. The van der Waals surface area contributed by atoms with Gasteiger partial charge in [-0.05, 0) is 37.6 Å². The molecule has 1 aromatic carbocycles. The second-order valence-corrected chi connectivity index (χ2v) is 6.18. The Kier molecular flexibility index (Phi) is 3.99. The van der Waals surface area contributed by atoms with E-state index in [1.807, 2.05) is 11.5 Å². The van der Waals surface area contributed by atoms with Gasteiger partial charge in [0.2, 0.25) is 0 Å². The van der Waals surface area contributed by atoms with E-state index in [0.717, 1.165) is 13.0 Å². The van der Waals surface area contributed by atoms with Crippen LogP contribution in [0.5, 0.6) is 0 Å². The molecule has 1 heterocycles. The molecule has 6 nitrogen and oxygen atoms in total. The fourth-order valence-corrected chi connectivity index (χ4v) is 2.90. The Morgan fingerprint density at radius 1 is 1.30 bits per heavy atom. The molecule has 0 atom stereocenters. The first-order chi connectivity index (χ1) is 9.42. The minimum atomic E-state index is -3.67. The monoisotopic (exact) mass is 294 g/mol. The molecule has 7 heteroatoms. The summed E-state index contributed by atoms with van der Waals surface area (Å²) in [5.41, 5.74) is 6.60. The molecular weight excluding hydrogens is 276 g/mol. The van der Waals surface area contributed by atoms with Crippen molar-refractivity contribution in [3.05, 3.63) is 36.3 Å². The van der Waals surface area contributed by atoms with Gasteiger partial charge in [-0.2, -0.15) is 8.42 Å². The van der Waals surface area contributed by atoms with Crippen LogP contribution in [-0.4, -0.2) is 18.0 Å². The Hall–Kier alpha value is -2.02. The minimum absolute atomic E-state index is 0.0280. The first kappa shape index (κ1) is 14.4. The summed E-state index contributed by atoms with van der Waals surface area (Å²) in [6.07, 6.45) is 2.47. The van der Waals surface area contributed by atoms with Crippen LogP contribution >= 0.6 is 0 Å². The van der Waals surface area contributed by atoms with Gasteiger partial charge in [-0.25, -0.2) is 4.98 Å². The van der Waals surface area contributed by atoms with Gasteiger partial charge in [0.1, 0.15) is 5.82 Å². The van der Waals surface area contributed by atoms with E-state index in [9.17, 15) is 8.42 Å². The van der Waals surface area contributed by atoms with Gasteiger partial charge in [-0.3, -0.25) is 4.72 Å². The highest BCUT2D eigenvalue weighted by Crippen LogP contribution is 2.17. The molecule has 20 heavy (non-hydrogen) atoms. The summed E-state index contributed by atoms with van der Waals surface area (Å²) in [5.74, 6) is 0.685. The molecule has 1 aromatic heterocycles. The zero-order chi connectivity index (χ0) is 14.8. The molecule has 0 aliphatic carbocycles. The first-order valence-electron chi connectivity index (χ1n) is 6.34. The maximum Gasteiger partial charge on any atom is 0.280 e. The SMILES string of the molecule is CCCn1cc(S(=O)(=O)Nc2ccc(N)cc2)nc1C. The molecule has 0 amide bonds. The molecule has 0 aliphatic rings. The Labute approximate surface area is 118 Å². The molecule has 3 N–H and O–H groups in total. The highest BCUT2D eigenvalue weighted by molar-refractivity contribution is 7.92. The highest BCUT2D eigenvalue weighted by Gasteiger charge is 2.19. The molecule has 0 aliphatic heterocycles. The zero-order valence-electron chi connectivity index (χ0n) is 11.5. The largest absolute Gasteiger partial charge is 0.399 e. The molecule has 0 radical (unpaired) electrons. The number of nitrogens with one attached hydrogen (secondary N) is 1. The van der Waals surface area contributed by atoms with E-state index in [-0.39, 0.29) is 5.03 Å². The minimum Gasteiger partial charge on any atom is -0.399 e. The fraction of sp³-hybridized carbons (Fsp3) is 0.308. The summed E-state index contributed by atoms with van der Waals surface area (Å²) in [6, 6.07) is 6.50. The van der Waals surface area contributed by atoms with Crippen molar-refractivity contribution in [2.24, 2.45) is 0 Å². The number of nitrogens with two attached hydrogens (primary N) is 1. The Balaban J connectivity index is 2.26. The number of aromatic nitrogens is 2. The quantitative estimate of drug-likeness (QED) is 0.825. The van der Waals surface area contributed by atoms with Crippen LogP contribution in [0.2, 0.25) is 0 Å². The topological polar surface area (TPSA) is 90.0 Å². The van der Waals surface area contributed by atoms with Gasteiger partial charge in [-0.15, -0.1) is 0 Å². The summed E-state index contributed by atoms with van der Waals surface area (Å²) in [7, 11) is -3.67. The standard InChI is InChI=1S/C13H18N4O2S/c1-3-8-17-9-13(15-10(17)2)20(18,19)16-12-6-4-11(14)5-7-12/h4-7,9,16H,3,8,14H2,1-2H3. The molecule has 0 bridgehead atoms. The average Bonchev–Trinajstić information content (AvgIpc) is 2.75. The summed E-state index contributed by atoms with van der Waals surface area (Å²) in [5, 5.41) is 0.0280. The van der Waals surface area contributed by atoms with Crippen molar-refractivity contribution in [2.75, 3.05) is 10.5 Å². The van der Waals surface area contributed by atoms with Crippen LogP contribution in [0, 0.1) is 6.92 Å². The van der Waals surface area contributed by atoms with Gasteiger partial charge in [0.15, 0.2) is 5.03 Å². The fourth-order valence-electron chi connectivity index (χ4n) is 1.83. The van der Waals surface area contributed by atoms with E-state index in [2.05, 4.69) is 9.71 Å². The number of nitrogens with zero attached hydrogens (tertiary/aromatic N) is 2. The number of rotatable bonds is 5. The van der Waals surface area contributed by atoms with E-state index < -0.39 is 10.0 Å². The van der Waals surface area contributed by atoms with Gasteiger partial charge in [0.25, 0.3) is 10.0 Å². The summed E-state index contributed by atoms with van der Waals surface area (Å²) < 4.78 is 28.8. The van der Waals surface area contributed by atoms with Crippen molar-refractivity contribution in [1.29, 1.82) is 0 Å². The van der Waals surface area contributed by atoms with Crippen LogP contribution < -0.4 is 10.5 Å². The van der Waals surface area contributed by atoms with Gasteiger partial charge in [0, 0.05) is 24.1 Å². The van der Waals surface area contributed by atoms with Gasteiger partial charge < -0.3 is 10.3 Å². The molecule has 2 rings (SSSR count). The third-order valence-corrected chi connectivity index (χ3v) is 4.11. The lowest BCUT2D eigenvalue weighted by atomic mass is 10.3. The second-order valence-electron chi connectivity index (χ2n) is 4.55. The van der Waals surface area contributed by atoms with E-state index in [0.29, 0.717) is 17.2 Å². The number of sulfonamides is 1. The maximum absolute atomic E-state index is 12.2. The third kappa shape index (κ3) is 3.11. The number of aryl methyl sites for hydroxylation is 2. The molecule has 0 spiro atoms. The first-order valence-corrected chi connectivity index (χ1v) is 7.83. The summed E-state index contributed by atoms with van der Waals surface area (Å²) >= 11 is 0. The van der Waals surface area contributed by atoms with Gasteiger partial charge in [0.05, 0.1) is 0 Å².